The fourth-order valence-electron chi connectivity index (χ4n) is 5.02. The van der Waals surface area contributed by atoms with Gasteiger partial charge in [0.25, 0.3) is 0 Å². The summed E-state index contributed by atoms with van der Waals surface area (Å²) in [5.41, 5.74) is 1.69. The molecule has 2 amide bonds. The molecular formula is C25H39N3O3. The van der Waals surface area contributed by atoms with Gasteiger partial charge in [-0.1, -0.05) is 39.3 Å². The van der Waals surface area contributed by atoms with E-state index in [0.717, 1.165) is 43.8 Å². The second kappa shape index (κ2) is 10.0. The highest BCUT2D eigenvalue weighted by molar-refractivity contribution is 6.00. The first-order chi connectivity index (χ1) is 14.8. The SMILES string of the molecule is CCCCN1C(=O)[C@H](CC(C)C)NC(=O)C12CCN(Cc1ccc(OC)c(C)c1)CC2. The van der Waals surface area contributed by atoms with Crippen LogP contribution in [0.25, 0.3) is 0 Å². The van der Waals surface area contributed by atoms with Gasteiger partial charge in [0.2, 0.25) is 11.8 Å². The number of piperazine rings is 1. The first-order valence-electron chi connectivity index (χ1n) is 11.8. The van der Waals surface area contributed by atoms with Gasteiger partial charge in [-0.15, -0.1) is 0 Å². The molecule has 1 atom stereocenters. The minimum atomic E-state index is -0.688. The molecule has 0 bridgehead atoms. The molecule has 1 N–H and O–H groups in total. The molecule has 2 heterocycles. The molecule has 3 rings (SSSR count). The van der Waals surface area contributed by atoms with Crippen LogP contribution < -0.4 is 10.1 Å². The summed E-state index contributed by atoms with van der Waals surface area (Å²) in [4.78, 5) is 31.0. The van der Waals surface area contributed by atoms with Crippen molar-refractivity contribution >= 4 is 11.8 Å². The molecule has 0 saturated carbocycles. The molecule has 2 fully saturated rings. The normalized spacial score (nSPS) is 21.6. The minimum absolute atomic E-state index is 0.0498. The van der Waals surface area contributed by atoms with Crippen molar-refractivity contribution in [3.05, 3.63) is 29.3 Å². The van der Waals surface area contributed by atoms with E-state index in [1.54, 1.807) is 7.11 Å². The smallest absolute Gasteiger partial charge is 0.246 e. The Morgan fingerprint density at radius 3 is 2.52 bits per heavy atom. The number of hydrogen-bond donors (Lipinski definition) is 1. The number of piperidine rings is 1. The lowest BCUT2D eigenvalue weighted by molar-refractivity contribution is -0.161. The van der Waals surface area contributed by atoms with Gasteiger partial charge in [-0.2, -0.15) is 0 Å². The average molecular weight is 430 g/mol. The number of hydrogen-bond acceptors (Lipinski definition) is 4. The Morgan fingerprint density at radius 2 is 1.94 bits per heavy atom. The van der Waals surface area contributed by atoms with Crippen molar-refractivity contribution in [2.75, 3.05) is 26.7 Å². The number of carbonyl (C=O) groups excluding carboxylic acids is 2. The molecular weight excluding hydrogens is 390 g/mol. The maximum Gasteiger partial charge on any atom is 0.246 e. The number of nitrogens with one attached hydrogen (secondary N) is 1. The summed E-state index contributed by atoms with van der Waals surface area (Å²) in [6, 6.07) is 5.92. The molecule has 0 unspecified atom stereocenters. The van der Waals surface area contributed by atoms with Crippen LogP contribution in [0.3, 0.4) is 0 Å². The van der Waals surface area contributed by atoms with Gasteiger partial charge in [-0.05, 0) is 55.7 Å². The van der Waals surface area contributed by atoms with Crippen LogP contribution in [0.5, 0.6) is 5.75 Å². The fourth-order valence-corrected chi connectivity index (χ4v) is 5.02. The molecule has 6 nitrogen and oxygen atoms in total. The van der Waals surface area contributed by atoms with Gasteiger partial charge in [-0.3, -0.25) is 14.5 Å². The summed E-state index contributed by atoms with van der Waals surface area (Å²) < 4.78 is 5.37. The Balaban J connectivity index is 1.71. The largest absolute Gasteiger partial charge is 0.496 e. The van der Waals surface area contributed by atoms with Crippen molar-refractivity contribution in [2.45, 2.75) is 77.9 Å². The van der Waals surface area contributed by atoms with Gasteiger partial charge >= 0.3 is 0 Å². The summed E-state index contributed by atoms with van der Waals surface area (Å²) in [6.07, 6.45) is 4.03. The van der Waals surface area contributed by atoms with Crippen LogP contribution in [-0.2, 0) is 16.1 Å². The summed E-state index contributed by atoms with van der Waals surface area (Å²) in [7, 11) is 1.69. The van der Waals surface area contributed by atoms with Crippen LogP contribution in [0, 0.1) is 12.8 Å². The highest BCUT2D eigenvalue weighted by Gasteiger charge is 2.53. The molecule has 2 aliphatic heterocycles. The van der Waals surface area contributed by atoms with Crippen LogP contribution in [0.1, 0.15) is 64.0 Å². The van der Waals surface area contributed by atoms with E-state index in [-0.39, 0.29) is 17.9 Å². The van der Waals surface area contributed by atoms with Gasteiger partial charge in [0, 0.05) is 26.2 Å². The molecule has 2 saturated heterocycles. The highest BCUT2D eigenvalue weighted by Crippen LogP contribution is 2.35. The first kappa shape index (κ1) is 23.6. The highest BCUT2D eigenvalue weighted by atomic mass is 16.5. The number of unbranched alkanes of at least 4 members (excludes halogenated alkanes) is 1. The fraction of sp³-hybridized carbons (Fsp3) is 0.680. The Hall–Kier alpha value is -2.08. The van der Waals surface area contributed by atoms with Gasteiger partial charge in [0.1, 0.15) is 17.3 Å². The number of nitrogens with zero attached hydrogens (tertiary/aromatic N) is 2. The Morgan fingerprint density at radius 1 is 1.23 bits per heavy atom. The molecule has 172 valence electrons. The third-order valence-electron chi connectivity index (χ3n) is 6.80. The third kappa shape index (κ3) is 5.05. The molecule has 1 aromatic carbocycles. The lowest BCUT2D eigenvalue weighted by Crippen LogP contribution is -2.73. The second-order valence-electron chi connectivity index (χ2n) is 9.61. The summed E-state index contributed by atoms with van der Waals surface area (Å²) in [5.74, 6) is 1.43. The number of ether oxygens (including phenoxy) is 1. The van der Waals surface area contributed by atoms with Crippen LogP contribution in [0.2, 0.25) is 0 Å². The zero-order chi connectivity index (χ0) is 22.6. The number of carbonyl (C=O) groups is 2. The van der Waals surface area contributed by atoms with Crippen molar-refractivity contribution < 1.29 is 14.3 Å². The molecule has 0 aromatic heterocycles. The number of likely N-dealkylation sites (tertiary alicyclic amines) is 1. The third-order valence-corrected chi connectivity index (χ3v) is 6.80. The second-order valence-corrected chi connectivity index (χ2v) is 9.61. The number of rotatable bonds is 8. The van der Waals surface area contributed by atoms with E-state index in [0.29, 0.717) is 31.7 Å². The van der Waals surface area contributed by atoms with Crippen molar-refractivity contribution in [3.8, 4) is 5.75 Å². The Bertz CT molecular complexity index is 784. The van der Waals surface area contributed by atoms with Crippen molar-refractivity contribution in [1.29, 1.82) is 0 Å². The standard InChI is InChI=1S/C25H39N3O3/c1-6-7-12-28-23(29)21(15-18(2)3)26-24(30)25(28)10-13-27(14-11-25)17-20-8-9-22(31-5)19(4)16-20/h8-9,16,18,21H,6-7,10-15,17H2,1-5H3,(H,26,30)/t21-/m0/s1. The van der Waals surface area contributed by atoms with E-state index in [1.165, 1.54) is 5.56 Å². The summed E-state index contributed by atoms with van der Waals surface area (Å²) in [6.45, 7) is 11.5. The van der Waals surface area contributed by atoms with Gasteiger partial charge < -0.3 is 15.0 Å². The van der Waals surface area contributed by atoms with E-state index >= 15 is 0 Å². The van der Waals surface area contributed by atoms with E-state index in [2.05, 4.69) is 50.0 Å². The quantitative estimate of drug-likeness (QED) is 0.687. The maximum absolute atomic E-state index is 13.3. The van der Waals surface area contributed by atoms with Crippen LogP contribution >= 0.6 is 0 Å². The topological polar surface area (TPSA) is 61.9 Å². The van der Waals surface area contributed by atoms with Crippen molar-refractivity contribution in [3.63, 3.8) is 0 Å². The lowest BCUT2D eigenvalue weighted by atomic mass is 9.80. The molecule has 0 aliphatic carbocycles. The Labute approximate surface area is 187 Å². The van der Waals surface area contributed by atoms with E-state index in [4.69, 9.17) is 4.74 Å². The lowest BCUT2D eigenvalue weighted by Gasteiger charge is -2.52. The van der Waals surface area contributed by atoms with Gasteiger partial charge in [0.15, 0.2) is 0 Å². The predicted molar refractivity (Wildman–Crippen MR) is 123 cm³/mol. The monoisotopic (exact) mass is 429 g/mol. The van der Waals surface area contributed by atoms with Crippen molar-refractivity contribution in [2.24, 2.45) is 5.92 Å². The maximum atomic E-state index is 13.3. The number of amides is 2. The van der Waals surface area contributed by atoms with E-state index in [1.807, 2.05) is 11.0 Å². The number of methoxy groups -OCH3 is 1. The molecule has 2 aliphatic rings. The van der Waals surface area contributed by atoms with E-state index < -0.39 is 5.54 Å². The zero-order valence-corrected chi connectivity index (χ0v) is 19.9. The predicted octanol–water partition coefficient (Wildman–Crippen LogP) is 3.51. The van der Waals surface area contributed by atoms with E-state index in [9.17, 15) is 9.59 Å². The minimum Gasteiger partial charge on any atom is -0.496 e. The van der Waals surface area contributed by atoms with Gasteiger partial charge in [0.05, 0.1) is 7.11 Å². The molecule has 31 heavy (non-hydrogen) atoms. The van der Waals surface area contributed by atoms with Gasteiger partial charge in [-0.25, -0.2) is 0 Å². The molecule has 1 aromatic rings. The average Bonchev–Trinajstić information content (AvgIpc) is 2.73. The molecule has 1 spiro atoms. The first-order valence-corrected chi connectivity index (χ1v) is 11.8. The number of aryl methyl sites for hydroxylation is 1. The van der Waals surface area contributed by atoms with Crippen LogP contribution in [0.15, 0.2) is 18.2 Å². The summed E-state index contributed by atoms with van der Waals surface area (Å²) in [5, 5.41) is 3.09. The van der Waals surface area contributed by atoms with Crippen LogP contribution in [0.4, 0.5) is 0 Å². The Kier molecular flexibility index (Phi) is 7.63. The van der Waals surface area contributed by atoms with Crippen molar-refractivity contribution in [1.82, 2.24) is 15.1 Å². The van der Waals surface area contributed by atoms with Crippen LogP contribution in [-0.4, -0.2) is 59.9 Å². The molecule has 6 heteroatoms. The molecule has 0 radical (unpaired) electrons. The summed E-state index contributed by atoms with van der Waals surface area (Å²) >= 11 is 0. The zero-order valence-electron chi connectivity index (χ0n) is 19.9. The number of benzene rings is 1.